The van der Waals surface area contributed by atoms with E-state index in [9.17, 15) is 9.59 Å². The van der Waals surface area contributed by atoms with Gasteiger partial charge < -0.3 is 20.2 Å². The lowest BCUT2D eigenvalue weighted by molar-refractivity contribution is -0.133. The molecule has 1 aromatic heterocycles. The number of nitrogens with zero attached hydrogens (tertiary/aromatic N) is 1. The Kier molecular flexibility index (Phi) is 4.52. The van der Waals surface area contributed by atoms with E-state index in [0.29, 0.717) is 18.5 Å². The molecule has 0 radical (unpaired) electrons. The molecule has 0 aliphatic carbocycles. The molecule has 1 aliphatic heterocycles. The van der Waals surface area contributed by atoms with Crippen molar-refractivity contribution in [1.29, 1.82) is 0 Å². The summed E-state index contributed by atoms with van der Waals surface area (Å²) in [6.45, 7) is 5.81. The molecule has 3 rings (SSSR count). The SMILES string of the molecule is C[C@@H]1CN(C(=O)CCCc2ccc3[nH]c(=O)[nH]c3c2)C[C@H](C)N1. The monoisotopic (exact) mass is 316 g/mol. The van der Waals surface area contributed by atoms with E-state index >= 15 is 0 Å². The zero-order valence-electron chi connectivity index (χ0n) is 13.7. The number of aromatic amines is 2. The maximum absolute atomic E-state index is 12.3. The van der Waals surface area contributed by atoms with Crippen LogP contribution < -0.4 is 11.0 Å². The predicted molar refractivity (Wildman–Crippen MR) is 90.5 cm³/mol. The van der Waals surface area contributed by atoms with Gasteiger partial charge in [0.05, 0.1) is 11.0 Å². The van der Waals surface area contributed by atoms with E-state index in [0.717, 1.165) is 42.5 Å². The average Bonchev–Trinajstić information content (AvgIpc) is 2.85. The largest absolute Gasteiger partial charge is 0.340 e. The predicted octanol–water partition coefficient (Wildman–Crippen LogP) is 1.39. The third kappa shape index (κ3) is 3.82. The van der Waals surface area contributed by atoms with Gasteiger partial charge in [-0.1, -0.05) is 6.07 Å². The van der Waals surface area contributed by atoms with Crippen LogP contribution in [0.5, 0.6) is 0 Å². The number of rotatable bonds is 4. The van der Waals surface area contributed by atoms with Crippen LogP contribution in [0.4, 0.5) is 0 Å². The van der Waals surface area contributed by atoms with E-state index < -0.39 is 0 Å². The molecule has 2 atom stereocenters. The molecule has 0 saturated carbocycles. The summed E-state index contributed by atoms with van der Waals surface area (Å²) in [4.78, 5) is 31.1. The minimum atomic E-state index is -0.186. The summed E-state index contributed by atoms with van der Waals surface area (Å²) in [5.74, 6) is 0.237. The van der Waals surface area contributed by atoms with E-state index in [2.05, 4.69) is 29.1 Å². The van der Waals surface area contributed by atoms with Gasteiger partial charge in [-0.25, -0.2) is 4.79 Å². The summed E-state index contributed by atoms with van der Waals surface area (Å²) in [7, 11) is 0. The van der Waals surface area contributed by atoms with E-state index in [1.807, 2.05) is 23.1 Å². The Labute approximate surface area is 135 Å². The highest BCUT2D eigenvalue weighted by Gasteiger charge is 2.24. The number of carbonyl (C=O) groups excluding carboxylic acids is 1. The number of imidazole rings is 1. The molecule has 2 aromatic rings. The molecule has 6 nitrogen and oxygen atoms in total. The molecule has 0 unspecified atom stereocenters. The van der Waals surface area contributed by atoms with Crippen LogP contribution in [0, 0.1) is 0 Å². The lowest BCUT2D eigenvalue weighted by atomic mass is 10.1. The number of carbonyl (C=O) groups is 1. The minimum absolute atomic E-state index is 0.186. The summed E-state index contributed by atoms with van der Waals surface area (Å²) in [5, 5.41) is 3.44. The fourth-order valence-electron chi connectivity index (χ4n) is 3.37. The highest BCUT2D eigenvalue weighted by Crippen LogP contribution is 2.14. The quantitative estimate of drug-likeness (QED) is 0.797. The van der Waals surface area contributed by atoms with Gasteiger partial charge in [0.2, 0.25) is 5.91 Å². The molecule has 1 aliphatic rings. The summed E-state index contributed by atoms with van der Waals surface area (Å²) >= 11 is 0. The zero-order valence-corrected chi connectivity index (χ0v) is 13.7. The number of amides is 1. The molecular weight excluding hydrogens is 292 g/mol. The van der Waals surface area contributed by atoms with Gasteiger partial charge in [-0.15, -0.1) is 0 Å². The van der Waals surface area contributed by atoms with Crippen LogP contribution in [0.25, 0.3) is 11.0 Å². The molecular formula is C17H24N4O2. The summed E-state index contributed by atoms with van der Waals surface area (Å²) in [6.07, 6.45) is 2.24. The first kappa shape index (κ1) is 15.8. The van der Waals surface area contributed by atoms with Gasteiger partial charge in [0, 0.05) is 31.6 Å². The Morgan fingerprint density at radius 3 is 2.61 bits per heavy atom. The Balaban J connectivity index is 1.53. The lowest BCUT2D eigenvalue weighted by Gasteiger charge is -2.36. The second kappa shape index (κ2) is 6.58. The zero-order chi connectivity index (χ0) is 16.4. The Hall–Kier alpha value is -2.08. The van der Waals surface area contributed by atoms with E-state index in [1.165, 1.54) is 0 Å². The van der Waals surface area contributed by atoms with Crippen molar-refractivity contribution in [3.63, 3.8) is 0 Å². The first-order valence-electron chi connectivity index (χ1n) is 8.26. The lowest BCUT2D eigenvalue weighted by Crippen LogP contribution is -2.55. The molecule has 3 N–H and O–H groups in total. The number of nitrogens with one attached hydrogen (secondary N) is 3. The van der Waals surface area contributed by atoms with Gasteiger partial charge in [-0.05, 0) is 44.4 Å². The van der Waals surface area contributed by atoms with Crippen LogP contribution in [0.3, 0.4) is 0 Å². The van der Waals surface area contributed by atoms with Crippen LogP contribution in [-0.4, -0.2) is 45.9 Å². The van der Waals surface area contributed by atoms with Crippen molar-refractivity contribution in [2.24, 2.45) is 0 Å². The van der Waals surface area contributed by atoms with Gasteiger partial charge in [0.15, 0.2) is 0 Å². The Bertz CT molecular complexity index is 738. The van der Waals surface area contributed by atoms with Gasteiger partial charge in [-0.2, -0.15) is 0 Å². The van der Waals surface area contributed by atoms with Crippen molar-refractivity contribution in [3.05, 3.63) is 34.2 Å². The molecule has 1 aromatic carbocycles. The van der Waals surface area contributed by atoms with Crippen molar-refractivity contribution in [1.82, 2.24) is 20.2 Å². The van der Waals surface area contributed by atoms with Crippen molar-refractivity contribution >= 4 is 16.9 Å². The maximum atomic E-state index is 12.3. The smallest absolute Gasteiger partial charge is 0.323 e. The molecule has 23 heavy (non-hydrogen) atoms. The Morgan fingerprint density at radius 2 is 1.87 bits per heavy atom. The van der Waals surface area contributed by atoms with Crippen LogP contribution >= 0.6 is 0 Å². The molecule has 1 amide bonds. The fraction of sp³-hybridized carbons (Fsp3) is 0.529. The number of benzene rings is 1. The van der Waals surface area contributed by atoms with Crippen molar-refractivity contribution in [3.8, 4) is 0 Å². The molecule has 0 bridgehead atoms. The standard InChI is InChI=1S/C17H24N4O2/c1-11-9-21(10-12(2)18-11)16(22)5-3-4-13-6-7-14-15(8-13)20-17(23)19-14/h6-8,11-12,18H,3-5,9-10H2,1-2H3,(H2,19,20,23)/t11-,12+. The van der Waals surface area contributed by atoms with Crippen molar-refractivity contribution in [2.45, 2.75) is 45.2 Å². The molecule has 124 valence electrons. The molecule has 1 fully saturated rings. The van der Waals surface area contributed by atoms with E-state index in [1.54, 1.807) is 0 Å². The van der Waals surface area contributed by atoms with Crippen molar-refractivity contribution in [2.75, 3.05) is 13.1 Å². The van der Waals surface area contributed by atoms with Crippen LogP contribution in [0.1, 0.15) is 32.3 Å². The van der Waals surface area contributed by atoms with Crippen molar-refractivity contribution < 1.29 is 4.79 Å². The average molecular weight is 316 g/mol. The first-order valence-corrected chi connectivity index (χ1v) is 8.26. The second-order valence-electron chi connectivity index (χ2n) is 6.58. The number of fused-ring (bicyclic) bond motifs is 1. The highest BCUT2D eigenvalue weighted by atomic mass is 16.2. The summed E-state index contributed by atoms with van der Waals surface area (Å²) in [5.41, 5.74) is 2.60. The number of hydrogen-bond donors (Lipinski definition) is 3. The molecule has 6 heteroatoms. The summed E-state index contributed by atoms with van der Waals surface area (Å²) in [6, 6.07) is 6.61. The first-order chi connectivity index (χ1) is 11.0. The molecule has 0 spiro atoms. The van der Waals surface area contributed by atoms with Gasteiger partial charge >= 0.3 is 5.69 Å². The maximum Gasteiger partial charge on any atom is 0.323 e. The van der Waals surface area contributed by atoms with E-state index in [-0.39, 0.29) is 11.6 Å². The number of aryl methyl sites for hydroxylation is 1. The third-order valence-corrected chi connectivity index (χ3v) is 4.35. The number of aromatic nitrogens is 2. The van der Waals surface area contributed by atoms with Crippen LogP contribution in [-0.2, 0) is 11.2 Å². The minimum Gasteiger partial charge on any atom is -0.340 e. The van der Waals surface area contributed by atoms with Crippen LogP contribution in [0.2, 0.25) is 0 Å². The number of hydrogen-bond acceptors (Lipinski definition) is 3. The second-order valence-corrected chi connectivity index (χ2v) is 6.58. The number of piperazine rings is 1. The number of H-pyrrole nitrogens is 2. The van der Waals surface area contributed by atoms with Gasteiger partial charge in [0.25, 0.3) is 0 Å². The van der Waals surface area contributed by atoms with Gasteiger partial charge in [-0.3, -0.25) is 4.79 Å². The van der Waals surface area contributed by atoms with Gasteiger partial charge in [0.1, 0.15) is 0 Å². The fourth-order valence-corrected chi connectivity index (χ4v) is 3.37. The third-order valence-electron chi connectivity index (χ3n) is 4.35. The summed E-state index contributed by atoms with van der Waals surface area (Å²) < 4.78 is 0. The highest BCUT2D eigenvalue weighted by molar-refractivity contribution is 5.77. The molecule has 2 heterocycles. The molecule has 1 saturated heterocycles. The Morgan fingerprint density at radius 1 is 1.17 bits per heavy atom. The van der Waals surface area contributed by atoms with Crippen LogP contribution in [0.15, 0.2) is 23.0 Å². The normalized spacial score (nSPS) is 21.7. The van der Waals surface area contributed by atoms with E-state index in [4.69, 9.17) is 0 Å². The topological polar surface area (TPSA) is 81.0 Å².